The molecule has 2 aliphatic heterocycles. The highest BCUT2D eigenvalue weighted by Gasteiger charge is 2.29. The van der Waals surface area contributed by atoms with E-state index in [-0.39, 0.29) is 0 Å². The molecule has 0 N–H and O–H groups in total. The normalized spacial score (nSPS) is 20.2. The molecule has 3 aromatic heterocycles. The first-order valence-electron chi connectivity index (χ1n) is 13.6. The van der Waals surface area contributed by atoms with Crippen molar-refractivity contribution in [2.45, 2.75) is 38.8 Å². The van der Waals surface area contributed by atoms with Crippen LogP contribution in [0.3, 0.4) is 0 Å². The SMILES string of the molecule is Cc1nc2ccccc2n1-c1nc(N2CCOCC2)c2nc(CN3CCN(C4CCC4)CC3)n(C)c2n1. The third kappa shape index (κ3) is 4.07. The highest BCUT2D eigenvalue weighted by Crippen LogP contribution is 2.29. The Bertz CT molecular complexity index is 1420. The van der Waals surface area contributed by atoms with Gasteiger partial charge in [0.05, 0.1) is 30.8 Å². The largest absolute Gasteiger partial charge is 0.378 e. The summed E-state index contributed by atoms with van der Waals surface area (Å²) in [6.07, 6.45) is 4.15. The second-order valence-electron chi connectivity index (χ2n) is 10.6. The standard InChI is InChI=1S/C27H35N9O/c1-19-28-21-8-3-4-9-22(21)36(19)27-30-25-24(26(31-27)35-14-16-37-17-15-35)29-23(32(25)2)18-33-10-12-34(13-11-33)20-6-5-7-20/h3-4,8-9,20H,5-7,10-18H2,1-2H3. The molecular formula is C27H35N9O. The quantitative estimate of drug-likeness (QED) is 0.413. The van der Waals surface area contributed by atoms with E-state index in [1.807, 2.05) is 25.1 Å². The van der Waals surface area contributed by atoms with E-state index in [1.54, 1.807) is 0 Å². The minimum Gasteiger partial charge on any atom is -0.378 e. The number of ether oxygens (including phenoxy) is 1. The van der Waals surface area contributed by atoms with E-state index in [2.05, 4.69) is 36.9 Å². The van der Waals surface area contributed by atoms with Gasteiger partial charge in [-0.15, -0.1) is 0 Å². The number of nitrogens with zero attached hydrogens (tertiary/aromatic N) is 9. The van der Waals surface area contributed by atoms with Crippen LogP contribution in [0.25, 0.3) is 28.1 Å². The summed E-state index contributed by atoms with van der Waals surface area (Å²) in [5.74, 6) is 3.45. The van der Waals surface area contributed by atoms with Crippen LogP contribution in [0.1, 0.15) is 30.9 Å². The molecule has 10 heteroatoms. The highest BCUT2D eigenvalue weighted by atomic mass is 16.5. The average Bonchev–Trinajstić information content (AvgIpc) is 3.39. The van der Waals surface area contributed by atoms with E-state index in [1.165, 1.54) is 19.3 Å². The molecule has 0 amide bonds. The van der Waals surface area contributed by atoms with Gasteiger partial charge in [-0.2, -0.15) is 9.97 Å². The van der Waals surface area contributed by atoms with Gasteiger partial charge in [0.1, 0.15) is 11.6 Å². The average molecular weight is 502 g/mol. The summed E-state index contributed by atoms with van der Waals surface area (Å²) < 4.78 is 9.87. The van der Waals surface area contributed by atoms with Crippen LogP contribution in [0.2, 0.25) is 0 Å². The molecule has 194 valence electrons. The van der Waals surface area contributed by atoms with Crippen molar-refractivity contribution in [1.29, 1.82) is 0 Å². The molecule has 2 saturated heterocycles. The fourth-order valence-electron chi connectivity index (χ4n) is 5.95. The number of hydrogen-bond acceptors (Lipinski definition) is 8. The second-order valence-corrected chi connectivity index (χ2v) is 10.6. The predicted octanol–water partition coefficient (Wildman–Crippen LogP) is 2.52. The number of hydrogen-bond donors (Lipinski definition) is 0. The number of anilines is 1. The first kappa shape index (κ1) is 23.1. The lowest BCUT2D eigenvalue weighted by molar-refractivity contribution is 0.0574. The summed E-state index contributed by atoms with van der Waals surface area (Å²) in [6.45, 7) is 10.3. The maximum absolute atomic E-state index is 5.64. The fraction of sp³-hybridized carbons (Fsp3) is 0.556. The molecular weight excluding hydrogens is 466 g/mol. The topological polar surface area (TPSA) is 80.4 Å². The number of rotatable bonds is 5. The fourth-order valence-corrected chi connectivity index (χ4v) is 5.95. The third-order valence-corrected chi connectivity index (χ3v) is 8.38. The maximum Gasteiger partial charge on any atom is 0.239 e. The van der Waals surface area contributed by atoms with E-state index in [0.717, 1.165) is 91.5 Å². The molecule has 1 saturated carbocycles. The molecule has 0 bridgehead atoms. The second kappa shape index (κ2) is 9.34. The molecule has 0 radical (unpaired) electrons. The molecule has 3 fully saturated rings. The highest BCUT2D eigenvalue weighted by molar-refractivity contribution is 5.86. The van der Waals surface area contributed by atoms with Gasteiger partial charge >= 0.3 is 0 Å². The Morgan fingerprint density at radius 2 is 1.70 bits per heavy atom. The van der Waals surface area contributed by atoms with Gasteiger partial charge in [-0.25, -0.2) is 9.97 Å². The van der Waals surface area contributed by atoms with Crippen LogP contribution in [-0.2, 0) is 18.3 Å². The van der Waals surface area contributed by atoms with Crippen LogP contribution < -0.4 is 4.90 Å². The Labute approximate surface area is 216 Å². The number of imidazole rings is 2. The van der Waals surface area contributed by atoms with Crippen molar-refractivity contribution in [2.24, 2.45) is 7.05 Å². The van der Waals surface area contributed by atoms with Crippen molar-refractivity contribution in [3.05, 3.63) is 35.9 Å². The van der Waals surface area contributed by atoms with E-state index in [0.29, 0.717) is 19.2 Å². The lowest BCUT2D eigenvalue weighted by Gasteiger charge is -2.42. The first-order chi connectivity index (χ1) is 18.2. The molecule has 10 nitrogen and oxygen atoms in total. The zero-order valence-electron chi connectivity index (χ0n) is 21.8. The van der Waals surface area contributed by atoms with Crippen molar-refractivity contribution in [3.63, 3.8) is 0 Å². The summed E-state index contributed by atoms with van der Waals surface area (Å²) in [6, 6.07) is 8.99. The predicted molar refractivity (Wildman–Crippen MR) is 143 cm³/mol. The van der Waals surface area contributed by atoms with Gasteiger partial charge in [0, 0.05) is 52.4 Å². The molecule has 4 aromatic rings. The van der Waals surface area contributed by atoms with Gasteiger partial charge in [0.2, 0.25) is 5.95 Å². The van der Waals surface area contributed by atoms with Crippen LogP contribution in [-0.4, -0.2) is 97.4 Å². The number of fused-ring (bicyclic) bond motifs is 2. The minimum atomic E-state index is 0.642. The minimum absolute atomic E-state index is 0.642. The van der Waals surface area contributed by atoms with Crippen molar-refractivity contribution >= 4 is 28.0 Å². The Morgan fingerprint density at radius 3 is 2.46 bits per heavy atom. The Morgan fingerprint density at radius 1 is 0.919 bits per heavy atom. The Balaban J connectivity index is 1.27. The molecule has 0 unspecified atom stereocenters. The summed E-state index contributed by atoms with van der Waals surface area (Å²) in [5.41, 5.74) is 3.70. The van der Waals surface area contributed by atoms with E-state index < -0.39 is 0 Å². The Hall–Kier alpha value is -3.08. The zero-order chi connectivity index (χ0) is 24.9. The third-order valence-electron chi connectivity index (χ3n) is 8.38. The number of aromatic nitrogens is 6. The number of morpholine rings is 1. The van der Waals surface area contributed by atoms with Crippen molar-refractivity contribution in [3.8, 4) is 5.95 Å². The summed E-state index contributed by atoms with van der Waals surface area (Å²) >= 11 is 0. The van der Waals surface area contributed by atoms with Crippen LogP contribution >= 0.6 is 0 Å². The molecule has 37 heavy (non-hydrogen) atoms. The van der Waals surface area contributed by atoms with Gasteiger partial charge in [0.15, 0.2) is 17.0 Å². The number of piperazine rings is 1. The first-order valence-corrected chi connectivity index (χ1v) is 13.6. The number of aryl methyl sites for hydroxylation is 2. The van der Waals surface area contributed by atoms with Gasteiger partial charge in [-0.05, 0) is 31.9 Å². The van der Waals surface area contributed by atoms with E-state index >= 15 is 0 Å². The zero-order valence-corrected chi connectivity index (χ0v) is 21.8. The molecule has 7 rings (SSSR count). The molecule has 3 aliphatic rings. The number of para-hydroxylation sites is 2. The monoisotopic (exact) mass is 501 g/mol. The molecule has 5 heterocycles. The van der Waals surface area contributed by atoms with Crippen molar-refractivity contribution < 1.29 is 4.74 Å². The smallest absolute Gasteiger partial charge is 0.239 e. The number of benzene rings is 1. The molecule has 1 aromatic carbocycles. The van der Waals surface area contributed by atoms with Gasteiger partial charge in [0.25, 0.3) is 0 Å². The maximum atomic E-state index is 5.64. The van der Waals surface area contributed by atoms with Crippen LogP contribution in [0.15, 0.2) is 24.3 Å². The van der Waals surface area contributed by atoms with Crippen molar-refractivity contribution in [2.75, 3.05) is 57.4 Å². The van der Waals surface area contributed by atoms with Crippen LogP contribution in [0.4, 0.5) is 5.82 Å². The lowest BCUT2D eigenvalue weighted by Crippen LogP contribution is -2.51. The Kier molecular flexibility index (Phi) is 5.82. The van der Waals surface area contributed by atoms with Gasteiger partial charge in [-0.3, -0.25) is 14.4 Å². The van der Waals surface area contributed by atoms with Gasteiger partial charge < -0.3 is 14.2 Å². The molecule has 0 spiro atoms. The molecule has 1 aliphatic carbocycles. The summed E-state index contributed by atoms with van der Waals surface area (Å²) in [4.78, 5) is 27.6. The lowest BCUT2D eigenvalue weighted by atomic mass is 9.91. The van der Waals surface area contributed by atoms with Crippen molar-refractivity contribution in [1.82, 2.24) is 38.9 Å². The molecule has 0 atom stereocenters. The van der Waals surface area contributed by atoms with E-state index in [9.17, 15) is 0 Å². The van der Waals surface area contributed by atoms with Crippen LogP contribution in [0.5, 0.6) is 0 Å². The summed E-state index contributed by atoms with van der Waals surface area (Å²) in [7, 11) is 2.09. The van der Waals surface area contributed by atoms with Crippen LogP contribution in [0, 0.1) is 6.92 Å². The van der Waals surface area contributed by atoms with E-state index in [4.69, 9.17) is 24.7 Å². The van der Waals surface area contributed by atoms with Gasteiger partial charge in [-0.1, -0.05) is 18.6 Å². The summed E-state index contributed by atoms with van der Waals surface area (Å²) in [5, 5.41) is 0.